The Hall–Kier alpha value is -2.03. The van der Waals surface area contributed by atoms with Crippen molar-refractivity contribution in [2.45, 2.75) is 52.0 Å². The van der Waals surface area contributed by atoms with E-state index in [1.165, 1.54) is 11.0 Å². The number of urea groups is 1. The van der Waals surface area contributed by atoms with E-state index in [9.17, 15) is 14.4 Å². The number of benzene rings is 1. The third-order valence-electron chi connectivity index (χ3n) is 5.21. The third-order valence-corrected chi connectivity index (χ3v) is 5.78. The topological polar surface area (TPSA) is 111 Å². The molecule has 0 spiro atoms. The van der Waals surface area contributed by atoms with Gasteiger partial charge in [-0.15, -0.1) is 0 Å². The Bertz CT molecular complexity index is 785. The predicted molar refractivity (Wildman–Crippen MR) is 120 cm³/mol. The lowest BCUT2D eigenvalue weighted by atomic mass is 10.0. The van der Waals surface area contributed by atoms with Gasteiger partial charge in [0.2, 0.25) is 5.91 Å². The minimum Gasteiger partial charge on any atom is -0.331 e. The molecule has 1 aliphatic carbocycles. The highest BCUT2D eigenvalue weighted by atomic mass is 35.5. The Morgan fingerprint density at radius 3 is 2.48 bits per heavy atom. The normalized spacial score (nSPS) is 14.9. The lowest BCUT2D eigenvalue weighted by molar-refractivity contribution is -0.141. The van der Waals surface area contributed by atoms with Gasteiger partial charge in [-0.05, 0) is 49.3 Å². The molecule has 8 nitrogen and oxygen atoms in total. The molecule has 1 aromatic carbocycles. The number of nitrogens with one attached hydrogen (secondary N) is 3. The molecule has 0 bridgehead atoms. The van der Waals surface area contributed by atoms with Gasteiger partial charge in [0.25, 0.3) is 5.91 Å². The van der Waals surface area contributed by atoms with Crippen LogP contribution in [0.3, 0.4) is 0 Å². The van der Waals surface area contributed by atoms with E-state index in [1.807, 2.05) is 13.8 Å². The zero-order chi connectivity index (χ0) is 23.0. The van der Waals surface area contributed by atoms with Gasteiger partial charge >= 0.3 is 6.03 Å². The molecule has 0 radical (unpaired) electrons. The first-order valence-corrected chi connectivity index (χ1v) is 11.2. The molecule has 1 saturated carbocycles. The molecule has 4 amide bonds. The summed E-state index contributed by atoms with van der Waals surface area (Å²) in [5.41, 5.74) is 1.90. The van der Waals surface area contributed by atoms with Crippen molar-refractivity contribution in [3.63, 3.8) is 0 Å². The number of amides is 4. The van der Waals surface area contributed by atoms with Crippen LogP contribution in [0.1, 0.15) is 46.0 Å². The first-order valence-electron chi connectivity index (χ1n) is 10.4. The third kappa shape index (κ3) is 8.20. The molecule has 4 N–H and O–H groups in total. The van der Waals surface area contributed by atoms with Crippen LogP contribution in [0.15, 0.2) is 18.2 Å². The van der Waals surface area contributed by atoms with Gasteiger partial charge in [0, 0.05) is 11.6 Å². The number of hydroxylamine groups is 1. The highest BCUT2D eigenvalue weighted by Crippen LogP contribution is 2.27. The minimum absolute atomic E-state index is 0.115. The van der Waals surface area contributed by atoms with Crippen LogP contribution in [-0.2, 0) is 9.59 Å². The maximum absolute atomic E-state index is 13.3. The number of carbonyl (C=O) groups is 3. The zero-order valence-electron chi connectivity index (χ0n) is 17.8. The number of rotatable bonds is 9. The maximum atomic E-state index is 13.3. The van der Waals surface area contributed by atoms with E-state index < -0.39 is 18.0 Å². The second kappa shape index (κ2) is 12.1. The second-order valence-electron chi connectivity index (χ2n) is 8.31. The predicted octanol–water partition coefficient (Wildman–Crippen LogP) is 4.05. The molecule has 1 aromatic rings. The smallest absolute Gasteiger partial charge is 0.319 e. The number of halogens is 2. The number of carbonyl (C=O) groups excluding carboxylic acids is 3. The van der Waals surface area contributed by atoms with Gasteiger partial charge in [-0.2, -0.15) is 0 Å². The van der Waals surface area contributed by atoms with Gasteiger partial charge in [-0.3, -0.25) is 14.8 Å². The lowest BCUT2D eigenvalue weighted by Gasteiger charge is -2.30. The van der Waals surface area contributed by atoms with Gasteiger partial charge in [-0.1, -0.05) is 49.9 Å². The summed E-state index contributed by atoms with van der Waals surface area (Å²) < 4.78 is 0. The standard InChI is InChI=1S/C21H30Cl2N4O4/c1-13(2)9-18(25-21(30)24-17-10-15(22)7-8-16(17)23)20(29)27(12-19(28)26-31)11-14-5-3-4-6-14/h7-8,10,13-14,18,31H,3-6,9,11-12H2,1-2H3,(H,26,28)(H2,24,25,30). The summed E-state index contributed by atoms with van der Waals surface area (Å²) in [6, 6.07) is 3.24. The molecule has 0 aromatic heterocycles. The summed E-state index contributed by atoms with van der Waals surface area (Å²) in [4.78, 5) is 39.1. The Labute approximate surface area is 192 Å². The SMILES string of the molecule is CC(C)CC(NC(=O)Nc1cc(Cl)ccc1Cl)C(=O)N(CC(=O)NO)CC1CCCC1. The van der Waals surface area contributed by atoms with Crippen molar-refractivity contribution >= 4 is 46.7 Å². The summed E-state index contributed by atoms with van der Waals surface area (Å²) in [5, 5.41) is 15.0. The van der Waals surface area contributed by atoms with Gasteiger partial charge in [-0.25, -0.2) is 10.3 Å². The van der Waals surface area contributed by atoms with Crippen LogP contribution in [0.2, 0.25) is 10.0 Å². The fraction of sp³-hybridized carbons (Fsp3) is 0.571. The van der Waals surface area contributed by atoms with Crippen LogP contribution in [0.5, 0.6) is 0 Å². The molecule has 0 heterocycles. The Balaban J connectivity index is 2.14. The van der Waals surface area contributed by atoms with Crippen molar-refractivity contribution in [1.82, 2.24) is 15.7 Å². The molecule has 2 rings (SSSR count). The van der Waals surface area contributed by atoms with Crippen molar-refractivity contribution in [1.29, 1.82) is 0 Å². The van der Waals surface area contributed by atoms with E-state index >= 15 is 0 Å². The van der Waals surface area contributed by atoms with E-state index in [1.54, 1.807) is 17.6 Å². The number of nitrogens with zero attached hydrogens (tertiary/aromatic N) is 1. The Kier molecular flexibility index (Phi) is 9.87. The van der Waals surface area contributed by atoms with E-state index in [0.717, 1.165) is 25.7 Å². The van der Waals surface area contributed by atoms with E-state index in [2.05, 4.69) is 10.6 Å². The van der Waals surface area contributed by atoms with E-state index in [4.69, 9.17) is 28.4 Å². The van der Waals surface area contributed by atoms with Crippen molar-refractivity contribution in [3.8, 4) is 0 Å². The molecular weight excluding hydrogens is 443 g/mol. The molecule has 31 heavy (non-hydrogen) atoms. The van der Waals surface area contributed by atoms with Crippen molar-refractivity contribution in [2.75, 3.05) is 18.4 Å². The molecule has 172 valence electrons. The van der Waals surface area contributed by atoms with Crippen LogP contribution < -0.4 is 16.1 Å². The van der Waals surface area contributed by atoms with Crippen molar-refractivity contribution in [3.05, 3.63) is 28.2 Å². The highest BCUT2D eigenvalue weighted by molar-refractivity contribution is 6.35. The average Bonchev–Trinajstić information content (AvgIpc) is 3.21. The fourth-order valence-electron chi connectivity index (χ4n) is 3.77. The average molecular weight is 473 g/mol. The zero-order valence-corrected chi connectivity index (χ0v) is 19.3. The Morgan fingerprint density at radius 2 is 1.87 bits per heavy atom. The lowest BCUT2D eigenvalue weighted by Crippen LogP contribution is -2.53. The fourth-order valence-corrected chi connectivity index (χ4v) is 4.11. The highest BCUT2D eigenvalue weighted by Gasteiger charge is 2.30. The molecule has 1 unspecified atom stereocenters. The molecule has 0 saturated heterocycles. The monoisotopic (exact) mass is 472 g/mol. The quantitative estimate of drug-likeness (QED) is 0.320. The van der Waals surface area contributed by atoms with Gasteiger partial charge in [0.05, 0.1) is 10.7 Å². The summed E-state index contributed by atoms with van der Waals surface area (Å²) in [7, 11) is 0. The Morgan fingerprint density at radius 1 is 1.19 bits per heavy atom. The summed E-state index contributed by atoms with van der Waals surface area (Å²) in [6.07, 6.45) is 4.54. The molecular formula is C21H30Cl2N4O4. The van der Waals surface area contributed by atoms with Crippen molar-refractivity contribution in [2.24, 2.45) is 11.8 Å². The molecule has 1 atom stereocenters. The maximum Gasteiger partial charge on any atom is 0.319 e. The first-order chi connectivity index (χ1) is 14.7. The van der Waals surface area contributed by atoms with Gasteiger partial charge in [0.15, 0.2) is 0 Å². The first kappa shape index (κ1) is 25.2. The van der Waals surface area contributed by atoms with Gasteiger partial charge < -0.3 is 15.5 Å². The summed E-state index contributed by atoms with van der Waals surface area (Å²) >= 11 is 12.1. The molecule has 1 aliphatic rings. The minimum atomic E-state index is -0.842. The number of hydrogen-bond acceptors (Lipinski definition) is 4. The van der Waals surface area contributed by atoms with Crippen LogP contribution in [0.25, 0.3) is 0 Å². The summed E-state index contributed by atoms with van der Waals surface area (Å²) in [6.45, 7) is 4.01. The van der Waals surface area contributed by atoms with Crippen molar-refractivity contribution < 1.29 is 19.6 Å². The second-order valence-corrected chi connectivity index (χ2v) is 9.15. The van der Waals surface area contributed by atoms with Crippen LogP contribution >= 0.6 is 23.2 Å². The summed E-state index contributed by atoms with van der Waals surface area (Å²) in [5.74, 6) is -0.625. The largest absolute Gasteiger partial charge is 0.331 e. The van der Waals surface area contributed by atoms with E-state index in [-0.39, 0.29) is 18.4 Å². The molecule has 10 heteroatoms. The van der Waals surface area contributed by atoms with Crippen LogP contribution in [0.4, 0.5) is 10.5 Å². The van der Waals surface area contributed by atoms with E-state index in [0.29, 0.717) is 34.6 Å². The van der Waals surface area contributed by atoms with Crippen LogP contribution in [-0.4, -0.2) is 47.1 Å². The van der Waals surface area contributed by atoms with Gasteiger partial charge in [0.1, 0.15) is 12.6 Å². The number of anilines is 1. The molecule has 1 fully saturated rings. The molecule has 0 aliphatic heterocycles. The number of hydrogen-bond donors (Lipinski definition) is 4. The van der Waals surface area contributed by atoms with Crippen LogP contribution in [0, 0.1) is 11.8 Å².